The predicted octanol–water partition coefficient (Wildman–Crippen LogP) is 1.22. The average Bonchev–Trinajstić information content (AvgIpc) is 3.32. The van der Waals surface area contributed by atoms with Crippen molar-refractivity contribution in [1.82, 2.24) is 19.5 Å². The van der Waals surface area contributed by atoms with E-state index in [1.807, 2.05) is 30.3 Å². The zero-order valence-corrected chi connectivity index (χ0v) is 16.3. The van der Waals surface area contributed by atoms with Gasteiger partial charge in [-0.3, -0.25) is 14.2 Å². The van der Waals surface area contributed by atoms with E-state index in [0.717, 1.165) is 5.56 Å². The molecule has 0 bridgehead atoms. The summed E-state index contributed by atoms with van der Waals surface area (Å²) in [6.07, 6.45) is 1.68. The molecule has 2 N–H and O–H groups in total. The summed E-state index contributed by atoms with van der Waals surface area (Å²) in [7, 11) is 0. The number of ether oxygens (including phenoxy) is 2. The molecule has 2 aromatic heterocycles. The van der Waals surface area contributed by atoms with Crippen LogP contribution >= 0.6 is 0 Å². The number of fused-ring (bicyclic) bond motifs is 1. The van der Waals surface area contributed by atoms with E-state index in [0.29, 0.717) is 23.4 Å². The molecule has 0 radical (unpaired) electrons. The second-order valence-corrected chi connectivity index (χ2v) is 6.95. The first-order valence-corrected chi connectivity index (χ1v) is 9.50. The number of carbonyl (C=O) groups is 2. The first kappa shape index (κ1) is 19.9. The molecule has 1 aromatic carbocycles. The highest BCUT2D eigenvalue weighted by molar-refractivity contribution is 5.97. The van der Waals surface area contributed by atoms with E-state index in [1.54, 1.807) is 4.57 Å². The predicted molar refractivity (Wildman–Crippen MR) is 105 cm³/mol. The average molecular weight is 411 g/mol. The maximum Gasteiger partial charge on any atom is 0.302 e. The van der Waals surface area contributed by atoms with Gasteiger partial charge >= 0.3 is 5.97 Å². The van der Waals surface area contributed by atoms with Crippen LogP contribution in [0.2, 0.25) is 0 Å². The van der Waals surface area contributed by atoms with Crippen LogP contribution in [0.1, 0.15) is 25.1 Å². The number of carbonyl (C=O) groups excluding carboxylic acids is 2. The number of benzene rings is 1. The molecule has 0 spiro atoms. The van der Waals surface area contributed by atoms with Crippen LogP contribution < -0.4 is 5.32 Å². The maximum atomic E-state index is 12.4. The van der Waals surface area contributed by atoms with Crippen LogP contribution in [0.25, 0.3) is 11.2 Å². The molecule has 30 heavy (non-hydrogen) atoms. The lowest BCUT2D eigenvalue weighted by Gasteiger charge is -2.15. The molecule has 1 aliphatic heterocycles. The first-order valence-electron chi connectivity index (χ1n) is 9.50. The third kappa shape index (κ3) is 4.14. The fourth-order valence-electron chi connectivity index (χ4n) is 3.48. The molecule has 0 saturated carbocycles. The fourth-order valence-corrected chi connectivity index (χ4v) is 3.48. The van der Waals surface area contributed by atoms with Gasteiger partial charge in [-0.05, 0) is 5.56 Å². The number of aromatic nitrogens is 4. The van der Waals surface area contributed by atoms with E-state index in [4.69, 9.17) is 9.47 Å². The smallest absolute Gasteiger partial charge is 0.302 e. The molecule has 3 aromatic rings. The highest BCUT2D eigenvalue weighted by Gasteiger charge is 2.38. The number of rotatable bonds is 6. The van der Waals surface area contributed by atoms with Crippen molar-refractivity contribution in [2.24, 2.45) is 0 Å². The van der Waals surface area contributed by atoms with E-state index >= 15 is 0 Å². The molecular formula is C20H21N5O5. The normalized spacial score (nSPS) is 20.9. The summed E-state index contributed by atoms with van der Waals surface area (Å²) in [5, 5.41) is 12.3. The molecular weight excluding hydrogens is 390 g/mol. The van der Waals surface area contributed by atoms with Crippen LogP contribution in [-0.4, -0.2) is 55.3 Å². The molecule has 1 unspecified atom stereocenters. The number of anilines is 1. The number of imidazole rings is 1. The van der Waals surface area contributed by atoms with Crippen molar-refractivity contribution in [3.8, 4) is 0 Å². The molecule has 4 rings (SSSR count). The van der Waals surface area contributed by atoms with Gasteiger partial charge in [-0.25, -0.2) is 15.0 Å². The molecule has 10 heteroatoms. The molecule has 1 aliphatic rings. The van der Waals surface area contributed by atoms with Crippen LogP contribution in [0.15, 0.2) is 43.0 Å². The van der Waals surface area contributed by atoms with Gasteiger partial charge in [-0.2, -0.15) is 0 Å². The van der Waals surface area contributed by atoms with Gasteiger partial charge in [-0.1, -0.05) is 30.3 Å². The van der Waals surface area contributed by atoms with Gasteiger partial charge in [0.25, 0.3) is 0 Å². The van der Waals surface area contributed by atoms with Gasteiger partial charge in [0.05, 0.1) is 19.4 Å². The minimum absolute atomic E-state index is 0.209. The zero-order chi connectivity index (χ0) is 21.1. The summed E-state index contributed by atoms with van der Waals surface area (Å²) in [5.74, 6) is -0.361. The number of aliphatic hydroxyl groups is 1. The summed E-state index contributed by atoms with van der Waals surface area (Å²) in [5.41, 5.74) is 1.76. The summed E-state index contributed by atoms with van der Waals surface area (Å²) >= 11 is 0. The lowest BCUT2D eigenvalue weighted by Crippen LogP contribution is -2.29. The minimum Gasteiger partial charge on any atom is -0.460 e. The van der Waals surface area contributed by atoms with Gasteiger partial charge in [0.1, 0.15) is 24.8 Å². The molecule has 1 saturated heterocycles. The largest absolute Gasteiger partial charge is 0.460 e. The summed E-state index contributed by atoms with van der Waals surface area (Å²) < 4.78 is 12.7. The third-order valence-electron chi connectivity index (χ3n) is 4.81. The van der Waals surface area contributed by atoms with Gasteiger partial charge in [-0.15, -0.1) is 0 Å². The SMILES string of the molecule is CC(=O)OC1C[C@H](n2cnc3c(NC(=O)Cc4ccccc4)ncnc32)O[C@@H]1CO. The maximum absolute atomic E-state index is 12.4. The number of hydrogen-bond donors (Lipinski definition) is 2. The van der Waals surface area contributed by atoms with Crippen molar-refractivity contribution in [3.05, 3.63) is 48.5 Å². The van der Waals surface area contributed by atoms with E-state index in [-0.39, 0.29) is 18.9 Å². The third-order valence-corrected chi connectivity index (χ3v) is 4.81. The van der Waals surface area contributed by atoms with E-state index in [2.05, 4.69) is 20.3 Å². The number of nitrogens with zero attached hydrogens (tertiary/aromatic N) is 4. The first-order chi connectivity index (χ1) is 14.5. The summed E-state index contributed by atoms with van der Waals surface area (Å²) in [4.78, 5) is 36.5. The minimum atomic E-state index is -0.636. The standard InChI is InChI=1S/C20H21N5O5/c1-12(27)29-14-8-17(30-15(14)9-26)25-11-23-18-19(21-10-22-20(18)25)24-16(28)7-13-5-3-2-4-6-13/h2-6,10-11,14-15,17,26H,7-9H2,1H3,(H,21,22,24,28)/t14?,15-,17-/m1/s1. The highest BCUT2D eigenvalue weighted by Crippen LogP contribution is 2.33. The van der Waals surface area contributed by atoms with Crippen LogP contribution in [0.4, 0.5) is 5.82 Å². The number of hydrogen-bond acceptors (Lipinski definition) is 8. The number of amides is 1. The molecule has 3 atom stereocenters. The van der Waals surface area contributed by atoms with Crippen molar-refractivity contribution in [1.29, 1.82) is 0 Å². The molecule has 156 valence electrons. The molecule has 1 amide bonds. The molecule has 0 aliphatic carbocycles. The van der Waals surface area contributed by atoms with Gasteiger partial charge in [0.15, 0.2) is 17.0 Å². The van der Waals surface area contributed by atoms with Crippen LogP contribution in [-0.2, 0) is 25.5 Å². The quantitative estimate of drug-likeness (QED) is 0.580. The Kier molecular flexibility index (Phi) is 5.68. The lowest BCUT2D eigenvalue weighted by atomic mass is 10.1. The molecule has 1 fully saturated rings. The fraction of sp³-hybridized carbons (Fsp3) is 0.350. The highest BCUT2D eigenvalue weighted by atomic mass is 16.6. The van der Waals surface area contributed by atoms with Crippen LogP contribution in [0.5, 0.6) is 0 Å². The van der Waals surface area contributed by atoms with Gasteiger partial charge < -0.3 is 19.9 Å². The molecule has 10 nitrogen and oxygen atoms in total. The van der Waals surface area contributed by atoms with Crippen LogP contribution in [0.3, 0.4) is 0 Å². The number of aliphatic hydroxyl groups excluding tert-OH is 1. The van der Waals surface area contributed by atoms with Crippen molar-refractivity contribution >= 4 is 28.9 Å². The van der Waals surface area contributed by atoms with E-state index in [1.165, 1.54) is 19.6 Å². The van der Waals surface area contributed by atoms with Crippen molar-refractivity contribution in [2.75, 3.05) is 11.9 Å². The Morgan fingerprint density at radius 3 is 2.80 bits per heavy atom. The summed E-state index contributed by atoms with van der Waals surface area (Å²) in [6.45, 7) is 1.03. The van der Waals surface area contributed by atoms with Crippen LogP contribution in [0, 0.1) is 0 Å². The number of nitrogens with one attached hydrogen (secondary N) is 1. The Bertz CT molecular complexity index is 1050. The van der Waals surface area contributed by atoms with Crippen molar-refractivity contribution < 1.29 is 24.2 Å². The Morgan fingerprint density at radius 2 is 2.07 bits per heavy atom. The Hall–Kier alpha value is -3.37. The molecule has 3 heterocycles. The number of esters is 1. The van der Waals surface area contributed by atoms with Crippen molar-refractivity contribution in [2.45, 2.75) is 38.2 Å². The second kappa shape index (κ2) is 8.56. The van der Waals surface area contributed by atoms with E-state index in [9.17, 15) is 14.7 Å². The second-order valence-electron chi connectivity index (χ2n) is 6.95. The van der Waals surface area contributed by atoms with Crippen molar-refractivity contribution in [3.63, 3.8) is 0 Å². The van der Waals surface area contributed by atoms with E-state index < -0.39 is 24.4 Å². The Labute approximate surface area is 171 Å². The monoisotopic (exact) mass is 411 g/mol. The Balaban J connectivity index is 1.53. The lowest BCUT2D eigenvalue weighted by molar-refractivity contribution is -0.150. The van der Waals surface area contributed by atoms with Gasteiger partial charge in [0.2, 0.25) is 5.91 Å². The zero-order valence-electron chi connectivity index (χ0n) is 16.3. The summed E-state index contributed by atoms with van der Waals surface area (Å²) in [6, 6.07) is 9.38. The van der Waals surface area contributed by atoms with Gasteiger partial charge in [0, 0.05) is 13.3 Å². The Morgan fingerprint density at radius 1 is 1.27 bits per heavy atom. The topological polar surface area (TPSA) is 128 Å².